The SMILES string of the molecule is Cc1cc(CN(CC(=O)O)CC(=O)O)nn1Cc1cccc(Cn2nc(CN(CC(=O)O)CC(=O)O)cc2C)n1. The van der Waals surface area contributed by atoms with E-state index in [9.17, 15) is 19.2 Å². The Balaban J connectivity index is 1.69. The predicted molar refractivity (Wildman–Crippen MR) is 137 cm³/mol. The van der Waals surface area contributed by atoms with Gasteiger partial charge in [-0.1, -0.05) is 6.07 Å². The highest BCUT2D eigenvalue weighted by atomic mass is 16.4. The highest BCUT2D eigenvalue weighted by molar-refractivity contribution is 5.73. The van der Waals surface area contributed by atoms with Gasteiger partial charge in [0.05, 0.1) is 62.0 Å². The van der Waals surface area contributed by atoms with Gasteiger partial charge in [-0.25, -0.2) is 0 Å². The van der Waals surface area contributed by atoms with Crippen molar-refractivity contribution in [3.8, 4) is 0 Å². The quantitative estimate of drug-likeness (QED) is 0.185. The molecule has 0 fully saturated rings. The van der Waals surface area contributed by atoms with Crippen LogP contribution in [0.5, 0.6) is 0 Å². The van der Waals surface area contributed by atoms with E-state index in [1.165, 1.54) is 9.80 Å². The van der Waals surface area contributed by atoms with Crippen LogP contribution in [0.15, 0.2) is 30.3 Å². The maximum absolute atomic E-state index is 11.1. The van der Waals surface area contributed by atoms with Crippen molar-refractivity contribution in [3.05, 3.63) is 64.5 Å². The summed E-state index contributed by atoms with van der Waals surface area (Å²) in [5.41, 5.74) is 4.09. The Morgan fingerprint density at radius 3 is 1.32 bits per heavy atom. The number of carboxylic acid groups (broad SMARTS) is 4. The topological polar surface area (TPSA) is 204 Å². The summed E-state index contributed by atoms with van der Waals surface area (Å²) in [6.07, 6.45) is 0. The molecule has 0 saturated heterocycles. The summed E-state index contributed by atoms with van der Waals surface area (Å²) < 4.78 is 3.41. The maximum Gasteiger partial charge on any atom is 0.317 e. The van der Waals surface area contributed by atoms with Gasteiger partial charge in [0, 0.05) is 24.5 Å². The molecule has 0 spiro atoms. The molecule has 3 aromatic heterocycles. The molecular formula is C25H31N7O8. The fourth-order valence-corrected chi connectivity index (χ4v) is 4.20. The van der Waals surface area contributed by atoms with Crippen molar-refractivity contribution in [1.82, 2.24) is 34.3 Å². The highest BCUT2D eigenvalue weighted by Gasteiger charge is 2.18. The van der Waals surface area contributed by atoms with E-state index < -0.39 is 50.1 Å². The molecular weight excluding hydrogens is 526 g/mol. The third-order valence-electron chi connectivity index (χ3n) is 5.76. The van der Waals surface area contributed by atoms with Crippen molar-refractivity contribution >= 4 is 23.9 Å². The lowest BCUT2D eigenvalue weighted by molar-refractivity contribution is -0.144. The van der Waals surface area contributed by atoms with Crippen molar-refractivity contribution in [2.24, 2.45) is 0 Å². The van der Waals surface area contributed by atoms with Gasteiger partial charge in [0.1, 0.15) is 0 Å². The van der Waals surface area contributed by atoms with Crippen molar-refractivity contribution < 1.29 is 39.6 Å². The Labute approximate surface area is 228 Å². The van der Waals surface area contributed by atoms with E-state index in [1.807, 2.05) is 32.0 Å². The summed E-state index contributed by atoms with van der Waals surface area (Å²) in [5.74, 6) is -4.52. The Hall–Kier alpha value is -4.63. The number of aromatic nitrogens is 5. The molecule has 0 aliphatic heterocycles. The molecule has 0 aliphatic rings. The first-order valence-electron chi connectivity index (χ1n) is 12.2. The second kappa shape index (κ2) is 13.4. The zero-order valence-corrected chi connectivity index (χ0v) is 22.1. The molecule has 3 rings (SSSR count). The van der Waals surface area contributed by atoms with Crippen LogP contribution in [0.3, 0.4) is 0 Å². The van der Waals surface area contributed by atoms with Crippen LogP contribution in [-0.2, 0) is 45.4 Å². The fraction of sp³-hybridized carbons (Fsp3) is 0.400. The number of aliphatic carboxylic acids is 4. The number of carbonyl (C=O) groups is 4. The minimum absolute atomic E-state index is 0.0666. The summed E-state index contributed by atoms with van der Waals surface area (Å²) in [6, 6.07) is 9.06. The number of carboxylic acids is 4. The molecule has 214 valence electrons. The Bertz CT molecular complexity index is 1250. The molecule has 0 radical (unpaired) electrons. The average Bonchev–Trinajstić information content (AvgIpc) is 3.32. The normalized spacial score (nSPS) is 11.3. The first-order valence-corrected chi connectivity index (χ1v) is 12.2. The third-order valence-corrected chi connectivity index (χ3v) is 5.76. The van der Waals surface area contributed by atoms with Gasteiger partial charge >= 0.3 is 23.9 Å². The van der Waals surface area contributed by atoms with Gasteiger partial charge in [-0.2, -0.15) is 10.2 Å². The van der Waals surface area contributed by atoms with E-state index in [4.69, 9.17) is 25.4 Å². The highest BCUT2D eigenvalue weighted by Crippen LogP contribution is 2.12. The molecule has 3 heterocycles. The minimum atomic E-state index is -1.13. The third kappa shape index (κ3) is 9.28. The number of rotatable bonds is 16. The zero-order valence-electron chi connectivity index (χ0n) is 22.1. The van der Waals surface area contributed by atoms with Gasteiger partial charge in [-0.15, -0.1) is 0 Å². The van der Waals surface area contributed by atoms with Gasteiger partial charge in [0.25, 0.3) is 0 Å². The standard InChI is InChI=1S/C25H31N7O8/c1-16-6-20(8-29(12-22(33)34)13-23(35)36)27-31(16)10-18-4-3-5-19(26-18)11-32-17(2)7-21(28-32)9-30(14-24(37)38)15-25(39)40/h3-7H,8-15H2,1-2H3,(H,33,34)(H,35,36)(H,37,38)(H,39,40). The molecule has 15 nitrogen and oxygen atoms in total. The molecule has 0 aromatic carbocycles. The van der Waals surface area contributed by atoms with E-state index in [0.29, 0.717) is 35.9 Å². The predicted octanol–water partition coefficient (Wildman–Crippen LogP) is 0.130. The first-order chi connectivity index (χ1) is 18.9. The second-order valence-corrected chi connectivity index (χ2v) is 9.35. The molecule has 3 aromatic rings. The van der Waals surface area contributed by atoms with E-state index in [-0.39, 0.29) is 13.1 Å². The van der Waals surface area contributed by atoms with Gasteiger partial charge in [-0.05, 0) is 38.1 Å². The van der Waals surface area contributed by atoms with Crippen LogP contribution in [0.4, 0.5) is 0 Å². The molecule has 0 atom stereocenters. The van der Waals surface area contributed by atoms with E-state index in [0.717, 1.165) is 11.4 Å². The Morgan fingerprint density at radius 2 is 1.00 bits per heavy atom. The van der Waals surface area contributed by atoms with Crippen molar-refractivity contribution in [3.63, 3.8) is 0 Å². The number of nitrogens with zero attached hydrogens (tertiary/aromatic N) is 7. The zero-order chi connectivity index (χ0) is 29.4. The lowest BCUT2D eigenvalue weighted by Gasteiger charge is -2.16. The number of hydrogen-bond donors (Lipinski definition) is 4. The monoisotopic (exact) mass is 557 g/mol. The van der Waals surface area contributed by atoms with Gasteiger partial charge < -0.3 is 20.4 Å². The Kier molecular flexibility index (Phi) is 10.1. The van der Waals surface area contributed by atoms with Crippen LogP contribution in [-0.4, -0.2) is 105 Å². The Morgan fingerprint density at radius 1 is 0.650 bits per heavy atom. The summed E-state index contributed by atoms with van der Waals surface area (Å²) in [6.45, 7) is 2.79. The minimum Gasteiger partial charge on any atom is -0.480 e. The molecule has 4 N–H and O–H groups in total. The van der Waals surface area contributed by atoms with Gasteiger partial charge in [0.2, 0.25) is 0 Å². The van der Waals surface area contributed by atoms with Crippen LogP contribution < -0.4 is 0 Å². The van der Waals surface area contributed by atoms with Gasteiger partial charge in [0.15, 0.2) is 0 Å². The average molecular weight is 558 g/mol. The summed E-state index contributed by atoms with van der Waals surface area (Å²) in [7, 11) is 0. The number of hydrogen-bond acceptors (Lipinski definition) is 9. The van der Waals surface area contributed by atoms with E-state index in [1.54, 1.807) is 21.5 Å². The number of pyridine rings is 1. The molecule has 0 saturated carbocycles. The van der Waals surface area contributed by atoms with Crippen LogP contribution in [0.1, 0.15) is 34.2 Å². The molecule has 0 unspecified atom stereocenters. The molecule has 0 bridgehead atoms. The summed E-state index contributed by atoms with van der Waals surface area (Å²) in [5, 5.41) is 45.2. The van der Waals surface area contributed by atoms with Crippen molar-refractivity contribution in [1.29, 1.82) is 0 Å². The van der Waals surface area contributed by atoms with Crippen LogP contribution in [0, 0.1) is 13.8 Å². The van der Waals surface area contributed by atoms with Crippen molar-refractivity contribution in [2.45, 2.75) is 40.0 Å². The lowest BCUT2D eigenvalue weighted by atomic mass is 10.3. The van der Waals surface area contributed by atoms with Crippen LogP contribution in [0.25, 0.3) is 0 Å². The molecule has 0 amide bonds. The fourth-order valence-electron chi connectivity index (χ4n) is 4.20. The second-order valence-electron chi connectivity index (χ2n) is 9.35. The molecule has 40 heavy (non-hydrogen) atoms. The molecule has 0 aliphatic carbocycles. The summed E-state index contributed by atoms with van der Waals surface area (Å²) >= 11 is 0. The number of aryl methyl sites for hydroxylation is 2. The van der Waals surface area contributed by atoms with Gasteiger partial charge in [-0.3, -0.25) is 43.3 Å². The van der Waals surface area contributed by atoms with Crippen molar-refractivity contribution in [2.75, 3.05) is 26.2 Å². The maximum atomic E-state index is 11.1. The molecule has 15 heteroatoms. The largest absolute Gasteiger partial charge is 0.480 e. The van der Waals surface area contributed by atoms with E-state index >= 15 is 0 Å². The smallest absolute Gasteiger partial charge is 0.317 e. The van der Waals surface area contributed by atoms with Crippen LogP contribution in [0.2, 0.25) is 0 Å². The van der Waals surface area contributed by atoms with E-state index in [2.05, 4.69) is 10.2 Å². The summed E-state index contributed by atoms with van der Waals surface area (Å²) in [4.78, 5) is 51.6. The lowest BCUT2D eigenvalue weighted by Crippen LogP contribution is -2.34. The van der Waals surface area contributed by atoms with Crippen LogP contribution >= 0.6 is 0 Å². The first kappa shape index (κ1) is 29.9.